The van der Waals surface area contributed by atoms with E-state index in [-0.39, 0.29) is 11.9 Å². The molecule has 1 saturated carbocycles. The van der Waals surface area contributed by atoms with Crippen LogP contribution in [-0.2, 0) is 23.8 Å². The van der Waals surface area contributed by atoms with Crippen LogP contribution < -0.4 is 0 Å². The molecule has 0 radical (unpaired) electrons. The van der Waals surface area contributed by atoms with Crippen LogP contribution in [-0.4, -0.2) is 37.9 Å². The number of hydrogen-bond acceptors (Lipinski definition) is 5. The van der Waals surface area contributed by atoms with E-state index in [4.69, 9.17) is 9.47 Å². The highest BCUT2D eigenvalue weighted by molar-refractivity contribution is 5.87. The van der Waals surface area contributed by atoms with Gasteiger partial charge in [0.15, 0.2) is 0 Å². The molecular weight excluding hydrogens is 272 g/mol. The van der Waals surface area contributed by atoms with Crippen molar-refractivity contribution in [3.63, 3.8) is 0 Å². The second-order valence-corrected chi connectivity index (χ2v) is 5.54. The van der Waals surface area contributed by atoms with Gasteiger partial charge in [-0.15, -0.1) is 0 Å². The predicted octanol–water partition coefficient (Wildman–Crippen LogP) is 2.41. The number of epoxide rings is 1. The molecule has 0 spiro atoms. The second-order valence-electron chi connectivity index (χ2n) is 5.54. The fraction of sp³-hybridized carbons (Fsp3) is 0.625. The Morgan fingerprint density at radius 2 is 1.71 bits per heavy atom. The molecule has 1 saturated heterocycles. The highest BCUT2D eigenvalue weighted by atomic mass is 16.6. The predicted molar refractivity (Wildman–Crippen MR) is 78.6 cm³/mol. The van der Waals surface area contributed by atoms with Gasteiger partial charge in [0.1, 0.15) is 0 Å². The number of hydrogen-bond donors (Lipinski definition) is 0. The topological polar surface area (TPSA) is 65.1 Å². The first-order chi connectivity index (χ1) is 9.85. The molecule has 1 aliphatic carbocycles. The Morgan fingerprint density at radius 1 is 1.10 bits per heavy atom. The maximum atomic E-state index is 11.1. The van der Waals surface area contributed by atoms with Gasteiger partial charge in [0.05, 0.1) is 25.9 Å². The molecule has 0 N–H and O–H groups in total. The summed E-state index contributed by atoms with van der Waals surface area (Å²) in [6.45, 7) is 10.7. The lowest BCUT2D eigenvalue weighted by molar-refractivity contribution is -0.140. The van der Waals surface area contributed by atoms with Gasteiger partial charge < -0.3 is 14.2 Å². The SMILES string of the molecule is C=C(C)C(=O)OC.C=C(C)C(=O)OCC1CCC2OC2C1. The molecule has 0 amide bonds. The Hall–Kier alpha value is -1.62. The summed E-state index contributed by atoms with van der Waals surface area (Å²) in [6.07, 6.45) is 4.26. The molecule has 3 unspecified atom stereocenters. The summed E-state index contributed by atoms with van der Waals surface area (Å²) < 4.78 is 14.8. The van der Waals surface area contributed by atoms with Crippen LogP contribution in [0, 0.1) is 5.92 Å². The first kappa shape index (κ1) is 17.4. The normalized spacial score (nSPS) is 25.6. The van der Waals surface area contributed by atoms with E-state index in [0.717, 1.165) is 19.3 Å². The zero-order chi connectivity index (χ0) is 16.0. The number of methoxy groups -OCH3 is 1. The molecule has 2 fully saturated rings. The molecule has 0 bridgehead atoms. The number of carbonyl (C=O) groups excluding carboxylic acids is 2. The zero-order valence-corrected chi connectivity index (χ0v) is 13.0. The van der Waals surface area contributed by atoms with Crippen LogP contribution in [0.1, 0.15) is 33.1 Å². The first-order valence-corrected chi connectivity index (χ1v) is 7.07. The number of fused-ring (bicyclic) bond motifs is 1. The monoisotopic (exact) mass is 296 g/mol. The molecule has 0 aromatic heterocycles. The minimum absolute atomic E-state index is 0.274. The first-order valence-electron chi connectivity index (χ1n) is 7.07. The van der Waals surface area contributed by atoms with E-state index >= 15 is 0 Å². The van der Waals surface area contributed by atoms with Crippen molar-refractivity contribution in [2.24, 2.45) is 5.92 Å². The summed E-state index contributed by atoms with van der Waals surface area (Å²) >= 11 is 0. The fourth-order valence-electron chi connectivity index (χ4n) is 2.13. The summed E-state index contributed by atoms with van der Waals surface area (Å²) in [5.74, 6) is -0.133. The molecule has 2 rings (SSSR count). The van der Waals surface area contributed by atoms with Crippen molar-refractivity contribution in [2.45, 2.75) is 45.3 Å². The van der Waals surface area contributed by atoms with Gasteiger partial charge in [-0.1, -0.05) is 13.2 Å². The van der Waals surface area contributed by atoms with E-state index in [9.17, 15) is 9.59 Å². The van der Waals surface area contributed by atoms with E-state index in [1.54, 1.807) is 13.8 Å². The minimum atomic E-state index is -0.347. The molecule has 0 aromatic carbocycles. The number of ether oxygens (including phenoxy) is 3. The van der Waals surface area contributed by atoms with Crippen molar-refractivity contribution in [1.82, 2.24) is 0 Å². The van der Waals surface area contributed by atoms with Gasteiger partial charge in [-0.3, -0.25) is 0 Å². The Bertz CT molecular complexity index is 426. The largest absolute Gasteiger partial charge is 0.466 e. The summed E-state index contributed by atoms with van der Waals surface area (Å²) in [5, 5.41) is 0. The van der Waals surface area contributed by atoms with Crippen LogP contribution in [0.3, 0.4) is 0 Å². The van der Waals surface area contributed by atoms with Crippen molar-refractivity contribution >= 4 is 11.9 Å². The third-order valence-electron chi connectivity index (χ3n) is 3.45. The maximum Gasteiger partial charge on any atom is 0.333 e. The average molecular weight is 296 g/mol. The molecule has 1 aliphatic heterocycles. The third-order valence-corrected chi connectivity index (χ3v) is 3.45. The molecular formula is C16H24O5. The van der Waals surface area contributed by atoms with Crippen LogP contribution in [0.25, 0.3) is 0 Å². The Balaban J connectivity index is 0.000000270. The molecule has 5 nitrogen and oxygen atoms in total. The van der Waals surface area contributed by atoms with Crippen molar-refractivity contribution in [3.05, 3.63) is 24.3 Å². The highest BCUT2D eigenvalue weighted by Gasteiger charge is 2.43. The van der Waals surface area contributed by atoms with Crippen molar-refractivity contribution in [1.29, 1.82) is 0 Å². The van der Waals surface area contributed by atoms with Gasteiger partial charge in [-0.2, -0.15) is 0 Å². The van der Waals surface area contributed by atoms with Crippen LogP contribution >= 0.6 is 0 Å². The van der Waals surface area contributed by atoms with Gasteiger partial charge in [0.25, 0.3) is 0 Å². The van der Waals surface area contributed by atoms with Crippen molar-refractivity contribution in [3.8, 4) is 0 Å². The molecule has 0 aromatic rings. The van der Waals surface area contributed by atoms with E-state index in [1.807, 2.05) is 0 Å². The summed E-state index contributed by atoms with van der Waals surface area (Å²) in [6, 6.07) is 0. The Morgan fingerprint density at radius 3 is 2.14 bits per heavy atom. The van der Waals surface area contributed by atoms with Gasteiger partial charge >= 0.3 is 11.9 Å². The minimum Gasteiger partial charge on any atom is -0.466 e. The van der Waals surface area contributed by atoms with Crippen molar-refractivity contribution < 1.29 is 23.8 Å². The molecule has 2 aliphatic rings. The number of rotatable bonds is 4. The van der Waals surface area contributed by atoms with Gasteiger partial charge in [-0.05, 0) is 39.0 Å². The molecule has 118 valence electrons. The van der Waals surface area contributed by atoms with Gasteiger partial charge in [0, 0.05) is 11.1 Å². The second kappa shape index (κ2) is 7.98. The van der Waals surface area contributed by atoms with Crippen molar-refractivity contribution in [2.75, 3.05) is 13.7 Å². The molecule has 1 heterocycles. The summed E-state index contributed by atoms with van der Waals surface area (Å²) in [4.78, 5) is 21.3. The lowest BCUT2D eigenvalue weighted by Gasteiger charge is -2.18. The van der Waals surface area contributed by atoms with Gasteiger partial charge in [0.2, 0.25) is 0 Å². The standard InChI is InChI=1S/C11H16O3.C5H8O2/c1-7(2)11(12)13-6-8-3-4-9-10(5-8)14-9;1-4(2)5(6)7-3/h8-10H,1,3-6H2,2H3;1H2,2-3H3. The lowest BCUT2D eigenvalue weighted by Crippen LogP contribution is -2.20. The van der Waals surface area contributed by atoms with E-state index in [0.29, 0.717) is 35.9 Å². The molecule has 3 atom stereocenters. The third kappa shape index (κ3) is 6.12. The van der Waals surface area contributed by atoms with Gasteiger partial charge in [-0.25, -0.2) is 9.59 Å². The quantitative estimate of drug-likeness (QED) is 0.453. The smallest absolute Gasteiger partial charge is 0.333 e. The fourth-order valence-corrected chi connectivity index (χ4v) is 2.13. The van der Waals surface area contributed by atoms with Crippen LogP contribution in [0.5, 0.6) is 0 Å². The van der Waals surface area contributed by atoms with Crippen LogP contribution in [0.4, 0.5) is 0 Å². The average Bonchev–Trinajstić information content (AvgIpc) is 3.22. The molecule has 21 heavy (non-hydrogen) atoms. The van der Waals surface area contributed by atoms with E-state index in [1.165, 1.54) is 7.11 Å². The molecule has 5 heteroatoms. The summed E-state index contributed by atoms with van der Waals surface area (Å²) in [7, 11) is 1.33. The van der Waals surface area contributed by atoms with Crippen LogP contribution in [0.15, 0.2) is 24.3 Å². The lowest BCUT2D eigenvalue weighted by atomic mass is 9.90. The van der Waals surface area contributed by atoms with Crippen LogP contribution in [0.2, 0.25) is 0 Å². The van der Waals surface area contributed by atoms with E-state index in [2.05, 4.69) is 17.9 Å². The Labute approximate surface area is 125 Å². The zero-order valence-electron chi connectivity index (χ0n) is 13.0. The highest BCUT2D eigenvalue weighted by Crippen LogP contribution is 2.39. The number of esters is 2. The number of carbonyl (C=O) groups is 2. The maximum absolute atomic E-state index is 11.1. The van der Waals surface area contributed by atoms with E-state index < -0.39 is 0 Å². The Kier molecular flexibility index (Phi) is 6.62. The summed E-state index contributed by atoms with van der Waals surface area (Å²) in [5.41, 5.74) is 0.906.